The first-order valence-corrected chi connectivity index (χ1v) is 7.24. The van der Waals surface area contributed by atoms with Crippen molar-refractivity contribution in [3.63, 3.8) is 0 Å². The van der Waals surface area contributed by atoms with Crippen LogP contribution in [0.1, 0.15) is 47.0 Å². The molecule has 0 aliphatic heterocycles. The van der Waals surface area contributed by atoms with E-state index in [0.717, 1.165) is 5.57 Å². The van der Waals surface area contributed by atoms with E-state index in [9.17, 15) is 4.79 Å². The van der Waals surface area contributed by atoms with Gasteiger partial charge in [0, 0.05) is 6.42 Å². The predicted octanol–water partition coefficient (Wildman–Crippen LogP) is 3.97. The summed E-state index contributed by atoms with van der Waals surface area (Å²) in [5, 5.41) is 4.71. The minimum Gasteiger partial charge on any atom is -0.661 e. The van der Waals surface area contributed by atoms with Crippen LogP contribution in [-0.4, -0.2) is 18.9 Å². The van der Waals surface area contributed by atoms with Gasteiger partial charge >= 0.3 is 0 Å². The predicted molar refractivity (Wildman–Crippen MR) is 75.6 cm³/mol. The summed E-state index contributed by atoms with van der Waals surface area (Å²) in [6.07, 6.45) is 5.42. The zero-order chi connectivity index (χ0) is 13.5. The fraction of sp³-hybridized carbons (Fsp3) is 0.812. The Bertz CT molecular complexity index is 371. The molecule has 0 aromatic carbocycles. The summed E-state index contributed by atoms with van der Waals surface area (Å²) in [5.41, 5.74) is 0.975. The SMILES string of the molecule is C[N-][C@@H]1[C@H](C(C)C)CC[C@@H](C)[C@@]12C=C(C)C(=O)C2. The molecule has 0 heterocycles. The lowest BCUT2D eigenvalue weighted by atomic mass is 9.58. The van der Waals surface area contributed by atoms with Crippen molar-refractivity contribution in [1.82, 2.24) is 0 Å². The molecule has 2 aliphatic carbocycles. The summed E-state index contributed by atoms with van der Waals surface area (Å²) in [6.45, 7) is 8.85. The largest absolute Gasteiger partial charge is 0.661 e. The second-order valence-electron chi connectivity index (χ2n) is 6.63. The molecule has 0 amide bonds. The molecule has 2 heteroatoms. The lowest BCUT2D eigenvalue weighted by Gasteiger charge is -2.57. The van der Waals surface area contributed by atoms with E-state index in [2.05, 4.69) is 26.8 Å². The Balaban J connectivity index is 2.39. The molecule has 2 aliphatic rings. The van der Waals surface area contributed by atoms with Crippen molar-refractivity contribution in [2.45, 2.75) is 53.0 Å². The van der Waals surface area contributed by atoms with E-state index >= 15 is 0 Å². The van der Waals surface area contributed by atoms with E-state index in [1.165, 1.54) is 12.8 Å². The number of allylic oxidation sites excluding steroid dienone is 1. The van der Waals surface area contributed by atoms with Crippen LogP contribution in [0.5, 0.6) is 0 Å². The second kappa shape index (κ2) is 4.80. The molecule has 1 fully saturated rings. The molecule has 4 atom stereocenters. The summed E-state index contributed by atoms with van der Waals surface area (Å²) in [4.78, 5) is 12.0. The summed E-state index contributed by atoms with van der Waals surface area (Å²) >= 11 is 0. The topological polar surface area (TPSA) is 31.2 Å². The molecule has 2 rings (SSSR count). The highest BCUT2D eigenvalue weighted by Crippen LogP contribution is 2.54. The van der Waals surface area contributed by atoms with Gasteiger partial charge in [0.1, 0.15) is 0 Å². The van der Waals surface area contributed by atoms with Crippen molar-refractivity contribution < 1.29 is 4.79 Å². The van der Waals surface area contributed by atoms with Gasteiger partial charge in [-0.25, -0.2) is 0 Å². The number of hydrogen-bond acceptors (Lipinski definition) is 1. The Morgan fingerprint density at radius 3 is 2.50 bits per heavy atom. The van der Waals surface area contributed by atoms with Crippen molar-refractivity contribution in [2.24, 2.45) is 23.2 Å². The van der Waals surface area contributed by atoms with Crippen LogP contribution in [0.15, 0.2) is 11.6 Å². The number of rotatable bonds is 2. The molecule has 0 unspecified atom stereocenters. The highest BCUT2D eigenvalue weighted by molar-refractivity contribution is 5.98. The Labute approximate surface area is 111 Å². The number of Topliss-reactive ketones (excluding diaryl/α,β-unsaturated/α-hetero) is 1. The van der Waals surface area contributed by atoms with Gasteiger partial charge in [0.25, 0.3) is 0 Å². The van der Waals surface area contributed by atoms with E-state index in [1.54, 1.807) is 0 Å². The molecule has 0 saturated heterocycles. The first-order chi connectivity index (χ1) is 8.42. The van der Waals surface area contributed by atoms with Crippen LogP contribution in [0.3, 0.4) is 0 Å². The third kappa shape index (κ3) is 1.95. The molecule has 102 valence electrons. The molecule has 0 radical (unpaired) electrons. The van der Waals surface area contributed by atoms with Gasteiger partial charge in [-0.3, -0.25) is 4.79 Å². The van der Waals surface area contributed by atoms with Crippen molar-refractivity contribution >= 4 is 5.78 Å². The Morgan fingerprint density at radius 2 is 2.06 bits per heavy atom. The standard InChI is InChI=1S/C16H26NO/c1-10(2)13-7-6-12(4)16(15(13)17-5)8-11(3)14(18)9-16/h8,10,12-13,15H,6-7,9H2,1-5H3/q-1/t12-,13+,15-,16+/m1/s1. The molecule has 0 aromatic rings. The van der Waals surface area contributed by atoms with Gasteiger partial charge in [0.05, 0.1) is 0 Å². The molecule has 1 spiro atoms. The molecular formula is C16H26NO-. The minimum absolute atomic E-state index is 0.0170. The maximum absolute atomic E-state index is 12.0. The van der Waals surface area contributed by atoms with Crippen LogP contribution in [0.2, 0.25) is 0 Å². The summed E-state index contributed by atoms with van der Waals surface area (Å²) in [7, 11) is 1.94. The summed E-state index contributed by atoms with van der Waals surface area (Å²) in [5.74, 6) is 2.18. The van der Waals surface area contributed by atoms with Crippen LogP contribution in [0, 0.1) is 23.2 Å². The third-order valence-electron chi connectivity index (χ3n) is 5.33. The zero-order valence-corrected chi connectivity index (χ0v) is 12.4. The maximum Gasteiger partial charge on any atom is 0.159 e. The fourth-order valence-corrected chi connectivity index (χ4v) is 4.15. The summed E-state index contributed by atoms with van der Waals surface area (Å²) < 4.78 is 0. The second-order valence-corrected chi connectivity index (χ2v) is 6.63. The quantitative estimate of drug-likeness (QED) is 0.727. The smallest absolute Gasteiger partial charge is 0.159 e. The van der Waals surface area contributed by atoms with Gasteiger partial charge in [-0.05, 0) is 36.2 Å². The first kappa shape index (κ1) is 13.8. The van der Waals surface area contributed by atoms with Crippen molar-refractivity contribution in [1.29, 1.82) is 0 Å². The Hall–Kier alpha value is -0.630. The Kier molecular flexibility index (Phi) is 3.68. The van der Waals surface area contributed by atoms with E-state index in [-0.39, 0.29) is 5.41 Å². The van der Waals surface area contributed by atoms with Gasteiger partial charge in [-0.1, -0.05) is 39.2 Å². The Morgan fingerprint density at radius 1 is 1.39 bits per heavy atom. The van der Waals surface area contributed by atoms with Gasteiger partial charge in [0.2, 0.25) is 0 Å². The minimum atomic E-state index is 0.0170. The van der Waals surface area contributed by atoms with E-state index < -0.39 is 0 Å². The molecular weight excluding hydrogens is 222 g/mol. The van der Waals surface area contributed by atoms with Gasteiger partial charge in [0.15, 0.2) is 5.78 Å². The van der Waals surface area contributed by atoms with Crippen LogP contribution >= 0.6 is 0 Å². The highest BCUT2D eigenvalue weighted by atomic mass is 16.1. The molecule has 0 aromatic heterocycles. The van der Waals surface area contributed by atoms with E-state index in [1.807, 2.05) is 14.0 Å². The van der Waals surface area contributed by atoms with Crippen LogP contribution in [-0.2, 0) is 4.79 Å². The lowest BCUT2D eigenvalue weighted by Crippen LogP contribution is -2.47. The number of nitrogens with zero attached hydrogens (tertiary/aromatic N) is 1. The maximum atomic E-state index is 12.0. The fourth-order valence-electron chi connectivity index (χ4n) is 4.15. The number of carbonyl (C=O) groups excluding carboxylic acids is 1. The van der Waals surface area contributed by atoms with E-state index in [0.29, 0.717) is 36.0 Å². The van der Waals surface area contributed by atoms with E-state index in [4.69, 9.17) is 5.32 Å². The number of carbonyl (C=O) groups is 1. The average Bonchev–Trinajstić information content (AvgIpc) is 2.59. The molecule has 0 N–H and O–H groups in total. The average molecular weight is 248 g/mol. The van der Waals surface area contributed by atoms with Crippen LogP contribution in [0.4, 0.5) is 0 Å². The molecule has 0 bridgehead atoms. The zero-order valence-electron chi connectivity index (χ0n) is 12.4. The molecule has 1 saturated carbocycles. The van der Waals surface area contributed by atoms with Crippen LogP contribution < -0.4 is 0 Å². The molecule has 2 nitrogen and oxygen atoms in total. The van der Waals surface area contributed by atoms with Gasteiger partial charge < -0.3 is 5.32 Å². The van der Waals surface area contributed by atoms with Crippen molar-refractivity contribution in [3.05, 3.63) is 17.0 Å². The van der Waals surface area contributed by atoms with Gasteiger partial charge in [-0.15, -0.1) is 6.04 Å². The molecule has 18 heavy (non-hydrogen) atoms. The van der Waals surface area contributed by atoms with Crippen molar-refractivity contribution in [3.8, 4) is 0 Å². The summed E-state index contributed by atoms with van der Waals surface area (Å²) in [6, 6.07) is 0.322. The van der Waals surface area contributed by atoms with Crippen molar-refractivity contribution in [2.75, 3.05) is 7.05 Å². The normalized spacial score (nSPS) is 40.7. The number of ketones is 1. The third-order valence-corrected chi connectivity index (χ3v) is 5.33. The monoisotopic (exact) mass is 248 g/mol. The van der Waals surface area contributed by atoms with Gasteiger partial charge in [-0.2, -0.15) is 7.05 Å². The van der Waals surface area contributed by atoms with Crippen LogP contribution in [0.25, 0.3) is 5.32 Å². The lowest BCUT2D eigenvalue weighted by molar-refractivity contribution is -0.117. The highest BCUT2D eigenvalue weighted by Gasteiger charge is 2.48. The number of hydrogen-bond donors (Lipinski definition) is 0. The first-order valence-electron chi connectivity index (χ1n) is 7.24.